The summed E-state index contributed by atoms with van der Waals surface area (Å²) in [4.78, 5) is 14.1. The first-order chi connectivity index (χ1) is 8.25. The second kappa shape index (κ2) is 5.28. The lowest BCUT2D eigenvalue weighted by Gasteiger charge is -2.17. The molecule has 18 heavy (non-hydrogen) atoms. The molecular formula is C12H19ClN4O. The number of fused-ring (bicyclic) bond motifs is 1. The SMILES string of the molecule is CN(CC1CC1)C(=O)c1n[nH]c2c1CNCC2.Cl. The fourth-order valence-corrected chi connectivity index (χ4v) is 2.35. The Kier molecular flexibility index (Phi) is 3.92. The van der Waals surface area contributed by atoms with Crippen molar-refractivity contribution in [1.82, 2.24) is 20.4 Å². The Labute approximate surface area is 113 Å². The van der Waals surface area contributed by atoms with Crippen LogP contribution in [0.25, 0.3) is 0 Å². The van der Waals surface area contributed by atoms with Crippen LogP contribution < -0.4 is 5.32 Å². The maximum absolute atomic E-state index is 12.3. The number of H-pyrrole nitrogens is 1. The van der Waals surface area contributed by atoms with Gasteiger partial charge in [-0.1, -0.05) is 0 Å². The molecule has 1 saturated carbocycles. The van der Waals surface area contributed by atoms with Crippen LogP contribution in [-0.4, -0.2) is 41.1 Å². The second-order valence-electron chi connectivity index (χ2n) is 5.09. The van der Waals surface area contributed by atoms with E-state index >= 15 is 0 Å². The molecule has 6 heteroatoms. The maximum Gasteiger partial charge on any atom is 0.274 e. The number of hydrogen-bond acceptors (Lipinski definition) is 3. The summed E-state index contributed by atoms with van der Waals surface area (Å²) in [6.45, 7) is 2.58. The van der Waals surface area contributed by atoms with Crippen molar-refractivity contribution in [2.75, 3.05) is 20.1 Å². The van der Waals surface area contributed by atoms with Gasteiger partial charge in [-0.25, -0.2) is 0 Å². The van der Waals surface area contributed by atoms with Crippen LogP contribution in [0.3, 0.4) is 0 Å². The van der Waals surface area contributed by atoms with Crippen molar-refractivity contribution in [3.63, 3.8) is 0 Å². The highest BCUT2D eigenvalue weighted by molar-refractivity contribution is 5.93. The van der Waals surface area contributed by atoms with Crippen molar-refractivity contribution in [2.24, 2.45) is 5.92 Å². The summed E-state index contributed by atoms with van der Waals surface area (Å²) in [6.07, 6.45) is 3.46. The van der Waals surface area contributed by atoms with E-state index in [0.717, 1.165) is 43.2 Å². The third-order valence-corrected chi connectivity index (χ3v) is 3.58. The highest BCUT2D eigenvalue weighted by Crippen LogP contribution is 2.29. The van der Waals surface area contributed by atoms with Crippen LogP contribution in [0.2, 0.25) is 0 Å². The van der Waals surface area contributed by atoms with Gasteiger partial charge < -0.3 is 10.2 Å². The summed E-state index contributed by atoms with van der Waals surface area (Å²) in [5.74, 6) is 0.773. The minimum atomic E-state index is 0. The molecule has 0 aromatic carbocycles. The molecule has 2 heterocycles. The summed E-state index contributed by atoms with van der Waals surface area (Å²) in [5, 5.41) is 10.5. The average molecular weight is 271 g/mol. The van der Waals surface area contributed by atoms with Crippen LogP contribution in [0.15, 0.2) is 0 Å². The van der Waals surface area contributed by atoms with Gasteiger partial charge in [-0.3, -0.25) is 9.89 Å². The number of nitrogens with one attached hydrogen (secondary N) is 2. The van der Waals surface area contributed by atoms with Crippen molar-refractivity contribution in [2.45, 2.75) is 25.8 Å². The van der Waals surface area contributed by atoms with E-state index in [-0.39, 0.29) is 18.3 Å². The number of halogens is 1. The number of aromatic nitrogens is 2. The van der Waals surface area contributed by atoms with Crippen molar-refractivity contribution >= 4 is 18.3 Å². The zero-order valence-corrected chi connectivity index (χ0v) is 11.3. The van der Waals surface area contributed by atoms with Crippen LogP contribution in [-0.2, 0) is 13.0 Å². The monoisotopic (exact) mass is 270 g/mol. The number of rotatable bonds is 3. The van der Waals surface area contributed by atoms with Crippen molar-refractivity contribution in [1.29, 1.82) is 0 Å². The first kappa shape index (κ1) is 13.4. The molecular weight excluding hydrogens is 252 g/mol. The van der Waals surface area contributed by atoms with Gasteiger partial charge in [0.1, 0.15) is 0 Å². The Bertz CT molecular complexity index is 441. The number of carbonyl (C=O) groups excluding carboxylic acids is 1. The Morgan fingerprint density at radius 3 is 3.00 bits per heavy atom. The number of aromatic amines is 1. The standard InChI is InChI=1S/C12H18N4O.ClH/c1-16(7-8-2-3-8)12(17)11-9-6-13-5-4-10(9)14-15-11;/h8,13H,2-7H2,1H3,(H,14,15);1H. The maximum atomic E-state index is 12.3. The predicted octanol–water partition coefficient (Wildman–Crippen LogP) is 0.959. The Hall–Kier alpha value is -1.07. The van der Waals surface area contributed by atoms with Crippen LogP contribution in [0.5, 0.6) is 0 Å². The van der Waals surface area contributed by atoms with Gasteiger partial charge in [-0.05, 0) is 18.8 Å². The molecule has 0 radical (unpaired) electrons. The largest absolute Gasteiger partial charge is 0.340 e. The normalized spacial score (nSPS) is 17.8. The number of nitrogens with zero attached hydrogens (tertiary/aromatic N) is 2. The highest BCUT2D eigenvalue weighted by Gasteiger charge is 2.28. The molecule has 0 bridgehead atoms. The van der Waals surface area contributed by atoms with Crippen LogP contribution in [0, 0.1) is 5.92 Å². The molecule has 5 nitrogen and oxygen atoms in total. The molecule has 3 rings (SSSR count). The summed E-state index contributed by atoms with van der Waals surface area (Å²) in [6, 6.07) is 0. The molecule has 100 valence electrons. The number of hydrogen-bond donors (Lipinski definition) is 2. The van der Waals surface area contributed by atoms with E-state index in [1.807, 2.05) is 11.9 Å². The van der Waals surface area contributed by atoms with Gasteiger partial charge in [0.05, 0.1) is 0 Å². The summed E-state index contributed by atoms with van der Waals surface area (Å²) in [7, 11) is 1.87. The van der Waals surface area contributed by atoms with E-state index < -0.39 is 0 Å². The van der Waals surface area contributed by atoms with Crippen molar-refractivity contribution in [3.8, 4) is 0 Å². The third-order valence-electron chi connectivity index (χ3n) is 3.58. The van der Waals surface area contributed by atoms with E-state index in [2.05, 4.69) is 15.5 Å². The molecule has 1 amide bonds. The lowest BCUT2D eigenvalue weighted by molar-refractivity contribution is 0.0781. The zero-order valence-electron chi connectivity index (χ0n) is 10.5. The fraction of sp³-hybridized carbons (Fsp3) is 0.667. The van der Waals surface area contributed by atoms with Gasteiger partial charge in [0, 0.05) is 44.4 Å². The van der Waals surface area contributed by atoms with Gasteiger partial charge in [0.2, 0.25) is 0 Å². The summed E-state index contributed by atoms with van der Waals surface area (Å²) in [5.41, 5.74) is 2.78. The topological polar surface area (TPSA) is 61.0 Å². The van der Waals surface area contributed by atoms with Crippen molar-refractivity contribution in [3.05, 3.63) is 17.0 Å². The third kappa shape index (κ3) is 2.52. The van der Waals surface area contributed by atoms with Crippen LogP contribution in [0.4, 0.5) is 0 Å². The lowest BCUT2D eigenvalue weighted by Crippen LogP contribution is -2.31. The Morgan fingerprint density at radius 2 is 2.28 bits per heavy atom. The molecule has 1 aliphatic heterocycles. The molecule has 1 aliphatic carbocycles. The molecule has 0 saturated heterocycles. The van der Waals surface area contributed by atoms with E-state index in [1.54, 1.807) is 0 Å². The Balaban J connectivity index is 0.00000120. The zero-order chi connectivity index (χ0) is 11.8. The lowest BCUT2D eigenvalue weighted by atomic mass is 10.1. The molecule has 2 aliphatic rings. The van der Waals surface area contributed by atoms with E-state index in [0.29, 0.717) is 5.69 Å². The van der Waals surface area contributed by atoms with Gasteiger partial charge in [0.15, 0.2) is 5.69 Å². The minimum Gasteiger partial charge on any atom is -0.340 e. The number of carbonyl (C=O) groups is 1. The highest BCUT2D eigenvalue weighted by atomic mass is 35.5. The van der Waals surface area contributed by atoms with E-state index in [4.69, 9.17) is 0 Å². The fourth-order valence-electron chi connectivity index (χ4n) is 2.35. The van der Waals surface area contributed by atoms with Gasteiger partial charge in [-0.15, -0.1) is 12.4 Å². The molecule has 1 aromatic heterocycles. The minimum absolute atomic E-state index is 0. The predicted molar refractivity (Wildman–Crippen MR) is 70.9 cm³/mol. The number of amides is 1. The van der Waals surface area contributed by atoms with Crippen molar-refractivity contribution < 1.29 is 4.79 Å². The summed E-state index contributed by atoms with van der Waals surface area (Å²) < 4.78 is 0. The summed E-state index contributed by atoms with van der Waals surface area (Å²) >= 11 is 0. The van der Waals surface area contributed by atoms with E-state index in [9.17, 15) is 4.79 Å². The second-order valence-corrected chi connectivity index (χ2v) is 5.09. The van der Waals surface area contributed by atoms with Crippen LogP contribution in [0.1, 0.15) is 34.6 Å². The first-order valence-electron chi connectivity index (χ1n) is 6.28. The smallest absolute Gasteiger partial charge is 0.274 e. The molecule has 2 N–H and O–H groups in total. The molecule has 1 aromatic rings. The van der Waals surface area contributed by atoms with Gasteiger partial charge >= 0.3 is 0 Å². The quantitative estimate of drug-likeness (QED) is 0.860. The average Bonchev–Trinajstić information content (AvgIpc) is 3.05. The van der Waals surface area contributed by atoms with Gasteiger partial charge in [0.25, 0.3) is 5.91 Å². The van der Waals surface area contributed by atoms with Crippen LogP contribution >= 0.6 is 12.4 Å². The Morgan fingerprint density at radius 1 is 1.50 bits per heavy atom. The molecule has 0 spiro atoms. The van der Waals surface area contributed by atoms with E-state index in [1.165, 1.54) is 12.8 Å². The van der Waals surface area contributed by atoms with Gasteiger partial charge in [-0.2, -0.15) is 5.10 Å². The first-order valence-corrected chi connectivity index (χ1v) is 6.28. The molecule has 1 fully saturated rings. The molecule has 0 atom stereocenters. The molecule has 0 unspecified atom stereocenters.